The van der Waals surface area contributed by atoms with Crippen molar-refractivity contribution in [1.82, 2.24) is 9.97 Å². The molecule has 0 fully saturated rings. The average molecular weight is 372 g/mol. The highest BCUT2D eigenvalue weighted by Gasteiger charge is 2.11. The number of carbonyl (C=O) groups excluding carboxylic acids is 1. The molecule has 0 aliphatic heterocycles. The van der Waals surface area contributed by atoms with Crippen LogP contribution in [-0.2, 0) is 6.42 Å². The molecule has 4 nitrogen and oxygen atoms in total. The van der Waals surface area contributed by atoms with Crippen molar-refractivity contribution < 1.29 is 4.79 Å². The van der Waals surface area contributed by atoms with Crippen LogP contribution in [0.15, 0.2) is 66.7 Å². The van der Waals surface area contributed by atoms with E-state index in [1.165, 1.54) is 0 Å². The molecule has 0 aliphatic carbocycles. The molecule has 1 N–H and O–H groups in total. The second-order valence-corrected chi connectivity index (χ2v) is 6.67. The average Bonchev–Trinajstić information content (AvgIpc) is 3.11. The van der Waals surface area contributed by atoms with Crippen LogP contribution in [0.25, 0.3) is 22.4 Å². The molecular weight excluding hydrogens is 358 g/mol. The van der Waals surface area contributed by atoms with Gasteiger partial charge < -0.3 is 4.98 Å². The van der Waals surface area contributed by atoms with Gasteiger partial charge in [-0.2, -0.15) is 5.26 Å². The molecule has 0 saturated carbocycles. The fourth-order valence-corrected chi connectivity index (χ4v) is 3.17. The fourth-order valence-electron chi connectivity index (χ4n) is 2.96. The van der Waals surface area contributed by atoms with Gasteiger partial charge in [-0.15, -0.1) is 0 Å². The number of benzene rings is 3. The molecule has 0 aliphatic rings. The number of carbonyl (C=O) groups is 1. The normalized spacial score (nSPS) is 10.7. The van der Waals surface area contributed by atoms with Crippen LogP contribution in [-0.4, -0.2) is 15.8 Å². The predicted molar refractivity (Wildman–Crippen MR) is 106 cm³/mol. The number of imidazole rings is 1. The summed E-state index contributed by atoms with van der Waals surface area (Å²) in [6.07, 6.45) is 0.294. The summed E-state index contributed by atoms with van der Waals surface area (Å²) in [5, 5.41) is 9.53. The number of aromatic amines is 1. The molecule has 0 radical (unpaired) electrons. The number of nitriles is 1. The van der Waals surface area contributed by atoms with E-state index in [1.807, 2.05) is 36.4 Å². The largest absolute Gasteiger partial charge is 0.338 e. The first kappa shape index (κ1) is 17.0. The Labute approximate surface area is 161 Å². The topological polar surface area (TPSA) is 69.5 Å². The van der Waals surface area contributed by atoms with Gasteiger partial charge in [-0.3, -0.25) is 4.79 Å². The van der Waals surface area contributed by atoms with E-state index < -0.39 is 0 Å². The SMILES string of the molecule is N#Cc1ccc(-c2nc3ccc(C(=O)Cc4cccc(Cl)c4)cc3[nH]2)cc1. The highest BCUT2D eigenvalue weighted by atomic mass is 35.5. The summed E-state index contributed by atoms with van der Waals surface area (Å²) in [6, 6.07) is 22.1. The first-order chi connectivity index (χ1) is 13.1. The highest BCUT2D eigenvalue weighted by Crippen LogP contribution is 2.22. The van der Waals surface area contributed by atoms with Crippen molar-refractivity contribution in [3.05, 3.63) is 88.4 Å². The van der Waals surface area contributed by atoms with Crippen molar-refractivity contribution >= 4 is 28.4 Å². The van der Waals surface area contributed by atoms with Crippen molar-refractivity contribution in [3.8, 4) is 17.5 Å². The highest BCUT2D eigenvalue weighted by molar-refractivity contribution is 6.30. The first-order valence-electron chi connectivity index (χ1n) is 8.40. The zero-order valence-corrected chi connectivity index (χ0v) is 15.0. The molecule has 0 amide bonds. The van der Waals surface area contributed by atoms with Gasteiger partial charge in [-0.25, -0.2) is 4.98 Å². The Morgan fingerprint density at radius 2 is 1.89 bits per heavy atom. The number of Topliss-reactive ketones (excluding diaryl/α,β-unsaturated/α-hetero) is 1. The Hall–Kier alpha value is -3.42. The van der Waals surface area contributed by atoms with Crippen molar-refractivity contribution in [2.75, 3.05) is 0 Å². The van der Waals surface area contributed by atoms with E-state index in [4.69, 9.17) is 16.9 Å². The molecule has 27 heavy (non-hydrogen) atoms. The monoisotopic (exact) mass is 371 g/mol. The molecule has 1 aromatic heterocycles. The van der Waals surface area contributed by atoms with Crippen LogP contribution >= 0.6 is 11.6 Å². The molecule has 0 unspecified atom stereocenters. The number of nitrogens with one attached hydrogen (secondary N) is 1. The van der Waals surface area contributed by atoms with Crippen molar-refractivity contribution in [2.24, 2.45) is 0 Å². The summed E-state index contributed by atoms with van der Waals surface area (Å²) in [6.45, 7) is 0. The number of H-pyrrole nitrogens is 1. The van der Waals surface area contributed by atoms with E-state index in [2.05, 4.69) is 16.0 Å². The molecule has 0 atom stereocenters. The van der Waals surface area contributed by atoms with Crippen LogP contribution in [0.5, 0.6) is 0 Å². The lowest BCUT2D eigenvalue weighted by Crippen LogP contribution is -2.03. The lowest BCUT2D eigenvalue weighted by Gasteiger charge is -2.02. The minimum Gasteiger partial charge on any atom is -0.338 e. The van der Waals surface area contributed by atoms with Crippen molar-refractivity contribution in [3.63, 3.8) is 0 Å². The third kappa shape index (κ3) is 3.59. The zero-order valence-electron chi connectivity index (χ0n) is 14.2. The maximum absolute atomic E-state index is 12.6. The summed E-state index contributed by atoms with van der Waals surface area (Å²) in [5.41, 5.74) is 4.58. The van der Waals surface area contributed by atoms with Gasteiger partial charge in [0.1, 0.15) is 5.82 Å². The molecule has 4 rings (SSSR count). The van der Waals surface area contributed by atoms with Crippen LogP contribution < -0.4 is 0 Å². The lowest BCUT2D eigenvalue weighted by molar-refractivity contribution is 0.0993. The third-order valence-electron chi connectivity index (χ3n) is 4.35. The number of nitrogens with zero attached hydrogens (tertiary/aromatic N) is 2. The number of halogens is 1. The molecule has 0 spiro atoms. The van der Waals surface area contributed by atoms with Gasteiger partial charge in [0, 0.05) is 22.6 Å². The van der Waals surface area contributed by atoms with E-state index in [-0.39, 0.29) is 5.78 Å². The van der Waals surface area contributed by atoms with E-state index in [0.717, 1.165) is 22.2 Å². The van der Waals surface area contributed by atoms with Gasteiger partial charge in [0.15, 0.2) is 5.78 Å². The van der Waals surface area contributed by atoms with Gasteiger partial charge in [-0.05, 0) is 60.2 Å². The van der Waals surface area contributed by atoms with E-state index in [0.29, 0.717) is 28.4 Å². The molecule has 1 heterocycles. The second-order valence-electron chi connectivity index (χ2n) is 6.24. The Balaban J connectivity index is 1.62. The maximum Gasteiger partial charge on any atom is 0.167 e. The van der Waals surface area contributed by atoms with Crippen molar-refractivity contribution in [1.29, 1.82) is 5.26 Å². The number of aromatic nitrogens is 2. The standard InChI is InChI=1S/C22H14ClN3O/c23-18-3-1-2-15(10-18)11-21(27)17-8-9-19-20(12-17)26-22(25-19)16-6-4-14(13-24)5-7-16/h1-10,12H,11H2,(H,25,26). The summed E-state index contributed by atoms with van der Waals surface area (Å²) >= 11 is 5.99. The fraction of sp³-hybridized carbons (Fsp3) is 0.0455. The third-order valence-corrected chi connectivity index (χ3v) is 4.58. The van der Waals surface area contributed by atoms with Gasteiger partial charge >= 0.3 is 0 Å². The predicted octanol–water partition coefficient (Wildman–Crippen LogP) is 5.18. The van der Waals surface area contributed by atoms with Crippen LogP contribution in [0.2, 0.25) is 5.02 Å². The number of rotatable bonds is 4. The Kier molecular flexibility index (Phi) is 4.45. The molecular formula is C22H14ClN3O. The lowest BCUT2D eigenvalue weighted by atomic mass is 10.0. The van der Waals surface area contributed by atoms with E-state index >= 15 is 0 Å². The van der Waals surface area contributed by atoms with E-state index in [1.54, 1.807) is 30.3 Å². The zero-order chi connectivity index (χ0) is 18.8. The van der Waals surface area contributed by atoms with Gasteiger partial charge in [0.2, 0.25) is 0 Å². The number of hydrogen-bond donors (Lipinski definition) is 1. The van der Waals surface area contributed by atoms with Crippen LogP contribution in [0.4, 0.5) is 0 Å². The van der Waals surface area contributed by atoms with Gasteiger partial charge in [0.05, 0.1) is 22.7 Å². The number of fused-ring (bicyclic) bond motifs is 1. The molecule has 0 bridgehead atoms. The first-order valence-corrected chi connectivity index (χ1v) is 8.78. The molecule has 3 aromatic carbocycles. The van der Waals surface area contributed by atoms with Crippen molar-refractivity contribution in [2.45, 2.75) is 6.42 Å². The maximum atomic E-state index is 12.6. The Morgan fingerprint density at radius 3 is 2.63 bits per heavy atom. The summed E-state index contributed by atoms with van der Waals surface area (Å²) < 4.78 is 0. The molecule has 0 saturated heterocycles. The number of hydrogen-bond acceptors (Lipinski definition) is 3. The Bertz CT molecular complexity index is 1190. The van der Waals surface area contributed by atoms with Crippen LogP contribution in [0.3, 0.4) is 0 Å². The minimum atomic E-state index is 0.0219. The van der Waals surface area contributed by atoms with E-state index in [9.17, 15) is 4.79 Å². The van der Waals surface area contributed by atoms with Gasteiger partial charge in [0.25, 0.3) is 0 Å². The van der Waals surface area contributed by atoms with Crippen LogP contribution in [0.1, 0.15) is 21.5 Å². The Morgan fingerprint density at radius 1 is 1.07 bits per heavy atom. The number of ketones is 1. The molecule has 5 heteroatoms. The smallest absolute Gasteiger partial charge is 0.167 e. The summed E-state index contributed by atoms with van der Waals surface area (Å²) in [4.78, 5) is 20.4. The summed E-state index contributed by atoms with van der Waals surface area (Å²) in [5.74, 6) is 0.725. The molecule has 4 aromatic rings. The second kappa shape index (κ2) is 7.06. The molecule has 130 valence electrons. The van der Waals surface area contributed by atoms with Crippen LogP contribution in [0, 0.1) is 11.3 Å². The minimum absolute atomic E-state index is 0.0219. The quantitative estimate of drug-likeness (QED) is 0.502. The van der Waals surface area contributed by atoms with Gasteiger partial charge in [-0.1, -0.05) is 23.7 Å². The summed E-state index contributed by atoms with van der Waals surface area (Å²) in [7, 11) is 0.